The van der Waals surface area contributed by atoms with Crippen LogP contribution in [-0.4, -0.2) is 28.4 Å². The van der Waals surface area contributed by atoms with E-state index in [0.29, 0.717) is 5.01 Å². The Morgan fingerprint density at radius 2 is 2.00 bits per heavy atom. The summed E-state index contributed by atoms with van der Waals surface area (Å²) in [7, 11) is 1.06. The average molecular weight is 310 g/mol. The summed E-state index contributed by atoms with van der Waals surface area (Å²) in [6.45, 7) is 2.81. The van der Waals surface area contributed by atoms with E-state index in [-0.39, 0.29) is 4.43 Å². The summed E-state index contributed by atoms with van der Waals surface area (Å²) in [6.07, 6.45) is -4.52. The van der Waals surface area contributed by atoms with Gasteiger partial charge in [-0.15, -0.1) is 0 Å². The van der Waals surface area contributed by atoms with E-state index in [2.05, 4.69) is 11.7 Å². The van der Waals surface area contributed by atoms with Gasteiger partial charge in [0.25, 0.3) is 0 Å². The first-order chi connectivity index (χ1) is 5.79. The van der Waals surface area contributed by atoms with Gasteiger partial charge in [-0.1, -0.05) is 22.6 Å². The lowest BCUT2D eigenvalue weighted by atomic mass is 10.4. The fourth-order valence-corrected chi connectivity index (χ4v) is 0.980. The van der Waals surface area contributed by atoms with Gasteiger partial charge in [0.15, 0.2) is 5.71 Å². The highest BCUT2D eigenvalue weighted by atomic mass is 127. The van der Waals surface area contributed by atoms with Crippen molar-refractivity contribution in [2.24, 2.45) is 5.10 Å². The Labute approximate surface area is 86.4 Å². The molecule has 0 saturated carbocycles. The summed E-state index contributed by atoms with van der Waals surface area (Å²) in [4.78, 5) is 0. The van der Waals surface area contributed by atoms with Gasteiger partial charge < -0.3 is 0 Å². The molecule has 13 heavy (non-hydrogen) atoms. The molecule has 7 heteroatoms. The minimum absolute atomic E-state index is 0.334. The van der Waals surface area contributed by atoms with Gasteiger partial charge in [0.1, 0.15) is 0 Å². The molecule has 0 radical (unpaired) electrons. The van der Waals surface area contributed by atoms with Crippen LogP contribution in [0.3, 0.4) is 0 Å². The van der Waals surface area contributed by atoms with E-state index in [1.165, 1.54) is 22.6 Å². The minimum atomic E-state index is -4.52. The largest absolute Gasteiger partial charge is 0.431 e. The fraction of sp³-hybridized carbons (Fsp3) is 0.500. The maximum Gasteiger partial charge on any atom is 0.431 e. The Kier molecular flexibility index (Phi) is 4.65. The molecule has 0 rings (SSSR count). The third-order valence-corrected chi connectivity index (χ3v) is 1.80. The van der Waals surface area contributed by atoms with Gasteiger partial charge in [-0.25, -0.2) is 5.01 Å². The van der Waals surface area contributed by atoms with E-state index in [4.69, 9.17) is 0 Å². The predicted molar refractivity (Wildman–Crippen MR) is 50.4 cm³/mol. The highest BCUT2D eigenvalue weighted by molar-refractivity contribution is 14.1. The Morgan fingerprint density at radius 3 is 2.23 bits per heavy atom. The SMILES string of the molecule is C=C(F)N(C)/N=C(\CI)C(F)(F)F. The van der Waals surface area contributed by atoms with Gasteiger partial charge in [0.2, 0.25) is 5.95 Å². The number of alkyl halides is 4. The zero-order chi connectivity index (χ0) is 10.6. The van der Waals surface area contributed by atoms with Crippen LogP contribution in [0.4, 0.5) is 17.6 Å². The topological polar surface area (TPSA) is 15.6 Å². The Hall–Kier alpha value is -0.340. The van der Waals surface area contributed by atoms with E-state index < -0.39 is 17.8 Å². The van der Waals surface area contributed by atoms with Gasteiger partial charge in [-0.05, 0) is 6.58 Å². The Balaban J connectivity index is 4.67. The van der Waals surface area contributed by atoms with Crippen molar-refractivity contribution in [3.05, 3.63) is 12.5 Å². The molecule has 0 spiro atoms. The van der Waals surface area contributed by atoms with Crippen LogP contribution in [0.25, 0.3) is 0 Å². The highest BCUT2D eigenvalue weighted by Gasteiger charge is 2.35. The second-order valence-electron chi connectivity index (χ2n) is 2.08. The van der Waals surface area contributed by atoms with Gasteiger partial charge in [-0.3, -0.25) is 0 Å². The third-order valence-electron chi connectivity index (χ3n) is 1.08. The molecule has 0 bridgehead atoms. The van der Waals surface area contributed by atoms with Crippen molar-refractivity contribution in [2.75, 3.05) is 11.5 Å². The molecule has 2 nitrogen and oxygen atoms in total. The fourth-order valence-electron chi connectivity index (χ4n) is 0.395. The summed E-state index contributed by atoms with van der Waals surface area (Å²) >= 11 is 1.50. The van der Waals surface area contributed by atoms with Crippen molar-refractivity contribution in [1.29, 1.82) is 0 Å². The number of hydrogen-bond acceptors (Lipinski definition) is 2. The van der Waals surface area contributed by atoms with E-state index in [0.717, 1.165) is 7.05 Å². The average Bonchev–Trinajstić information content (AvgIpc) is 1.96. The molecule has 0 amide bonds. The number of hydrogen-bond donors (Lipinski definition) is 0. The summed E-state index contributed by atoms with van der Waals surface area (Å²) in [5, 5.41) is 3.45. The first-order valence-electron chi connectivity index (χ1n) is 3.07. The number of nitrogens with zero attached hydrogens (tertiary/aromatic N) is 2. The normalized spacial score (nSPS) is 12.9. The standard InChI is InChI=1S/C6H7F4IN2/c1-4(7)13(2)12-5(3-11)6(8,9)10/h1,3H2,2H3/b12-5+. The van der Waals surface area contributed by atoms with Crippen LogP contribution in [0.2, 0.25) is 0 Å². The van der Waals surface area contributed by atoms with Crippen LogP contribution in [0.5, 0.6) is 0 Å². The van der Waals surface area contributed by atoms with Crippen molar-refractivity contribution in [2.45, 2.75) is 6.18 Å². The van der Waals surface area contributed by atoms with Crippen molar-refractivity contribution in [3.63, 3.8) is 0 Å². The van der Waals surface area contributed by atoms with E-state index >= 15 is 0 Å². The second kappa shape index (κ2) is 4.77. The molecule has 0 fully saturated rings. The van der Waals surface area contributed by atoms with Crippen LogP contribution in [0.15, 0.2) is 17.6 Å². The highest BCUT2D eigenvalue weighted by Crippen LogP contribution is 2.19. The van der Waals surface area contributed by atoms with Gasteiger partial charge in [0.05, 0.1) is 0 Å². The molecule has 0 N–H and O–H groups in total. The second-order valence-corrected chi connectivity index (χ2v) is 2.84. The minimum Gasteiger partial charge on any atom is -0.243 e. The molecular formula is C6H7F4IN2. The van der Waals surface area contributed by atoms with Crippen LogP contribution in [0, 0.1) is 0 Å². The maximum atomic E-state index is 12.2. The maximum absolute atomic E-state index is 12.2. The molecule has 0 aromatic heterocycles. The molecule has 0 aliphatic heterocycles. The lowest BCUT2D eigenvalue weighted by Crippen LogP contribution is -2.27. The summed E-state index contributed by atoms with van der Waals surface area (Å²) in [6, 6.07) is 0. The van der Waals surface area contributed by atoms with Gasteiger partial charge in [0, 0.05) is 11.5 Å². The molecule has 0 unspecified atom stereocenters. The van der Waals surface area contributed by atoms with E-state index in [9.17, 15) is 17.6 Å². The Bertz CT molecular complexity index is 223. The molecule has 0 aromatic rings. The zero-order valence-corrected chi connectivity index (χ0v) is 8.86. The quantitative estimate of drug-likeness (QED) is 0.195. The molecule has 0 aliphatic rings. The van der Waals surface area contributed by atoms with E-state index in [1.54, 1.807) is 0 Å². The number of rotatable bonds is 3. The monoisotopic (exact) mass is 310 g/mol. The zero-order valence-electron chi connectivity index (χ0n) is 6.70. The van der Waals surface area contributed by atoms with Crippen LogP contribution >= 0.6 is 22.6 Å². The molecule has 0 saturated heterocycles. The molecule has 76 valence electrons. The molecule has 0 atom stereocenters. The van der Waals surface area contributed by atoms with Crippen molar-refractivity contribution in [1.82, 2.24) is 5.01 Å². The third kappa shape index (κ3) is 4.44. The summed E-state index contributed by atoms with van der Waals surface area (Å²) < 4.78 is 48.0. The smallest absolute Gasteiger partial charge is 0.243 e. The van der Waals surface area contributed by atoms with Gasteiger partial charge in [-0.2, -0.15) is 22.7 Å². The number of hydrazone groups is 1. The number of halogens is 5. The van der Waals surface area contributed by atoms with Gasteiger partial charge >= 0.3 is 6.18 Å². The van der Waals surface area contributed by atoms with Crippen molar-refractivity contribution < 1.29 is 17.6 Å². The lowest BCUT2D eigenvalue weighted by Gasteiger charge is -2.13. The van der Waals surface area contributed by atoms with E-state index in [1.807, 2.05) is 0 Å². The van der Waals surface area contributed by atoms with Crippen LogP contribution in [0.1, 0.15) is 0 Å². The lowest BCUT2D eigenvalue weighted by molar-refractivity contribution is -0.0600. The summed E-state index contributed by atoms with van der Waals surface area (Å²) in [5.41, 5.74) is -1.05. The Morgan fingerprint density at radius 1 is 1.54 bits per heavy atom. The first kappa shape index (κ1) is 12.7. The predicted octanol–water partition coefficient (Wildman–Crippen LogP) is 2.71. The molecule has 0 aliphatic carbocycles. The van der Waals surface area contributed by atoms with Crippen molar-refractivity contribution >= 4 is 28.3 Å². The summed E-state index contributed by atoms with van der Waals surface area (Å²) in [5.74, 6) is -1.04. The van der Waals surface area contributed by atoms with Crippen molar-refractivity contribution in [3.8, 4) is 0 Å². The molecule has 0 aromatic carbocycles. The van der Waals surface area contributed by atoms with Crippen LogP contribution < -0.4 is 0 Å². The molecular weight excluding hydrogens is 303 g/mol. The molecule has 0 heterocycles. The van der Waals surface area contributed by atoms with Crippen LogP contribution in [-0.2, 0) is 0 Å². The first-order valence-corrected chi connectivity index (χ1v) is 4.60.